The van der Waals surface area contributed by atoms with Crippen LogP contribution in [0, 0.1) is 6.92 Å². The molecule has 0 aliphatic heterocycles. The molecule has 0 bridgehead atoms. The van der Waals surface area contributed by atoms with E-state index < -0.39 is 28.5 Å². The summed E-state index contributed by atoms with van der Waals surface area (Å²) < 4.78 is 29.3. The Labute approximate surface area is 279 Å². The molecule has 4 aromatic rings. The molecule has 0 spiro atoms. The first-order valence-corrected chi connectivity index (χ1v) is 17.0. The van der Waals surface area contributed by atoms with Crippen molar-refractivity contribution < 1.29 is 18.0 Å². The van der Waals surface area contributed by atoms with Gasteiger partial charge in [0.1, 0.15) is 12.6 Å². The maximum Gasteiger partial charge on any atom is 0.264 e. The van der Waals surface area contributed by atoms with Crippen LogP contribution in [0.25, 0.3) is 0 Å². The number of carbonyl (C=O) groups excluding carboxylic acids is 2. The first-order valence-electron chi connectivity index (χ1n) is 14.4. The molecule has 0 unspecified atom stereocenters. The minimum atomic E-state index is -4.31. The zero-order chi connectivity index (χ0) is 32.6. The molecule has 4 rings (SSSR count). The first-order chi connectivity index (χ1) is 21.5. The molecule has 0 saturated carbocycles. The van der Waals surface area contributed by atoms with Gasteiger partial charge in [-0.05, 0) is 66.9 Å². The van der Waals surface area contributed by atoms with Gasteiger partial charge in [0, 0.05) is 29.6 Å². The van der Waals surface area contributed by atoms with Crippen LogP contribution in [-0.4, -0.2) is 44.3 Å². The van der Waals surface area contributed by atoms with Crippen molar-refractivity contribution in [2.75, 3.05) is 17.4 Å². The van der Waals surface area contributed by atoms with Crippen molar-refractivity contribution in [2.45, 2.75) is 44.2 Å². The van der Waals surface area contributed by atoms with Crippen LogP contribution < -0.4 is 9.62 Å². The molecule has 0 saturated heterocycles. The van der Waals surface area contributed by atoms with E-state index in [1.807, 2.05) is 44.2 Å². The van der Waals surface area contributed by atoms with Gasteiger partial charge >= 0.3 is 0 Å². The number of halogens is 3. The van der Waals surface area contributed by atoms with Gasteiger partial charge in [-0.3, -0.25) is 13.9 Å². The molecule has 0 aliphatic rings. The fraction of sp³-hybridized carbons (Fsp3) is 0.235. The summed E-state index contributed by atoms with van der Waals surface area (Å²) in [5, 5.41) is 3.77. The van der Waals surface area contributed by atoms with Crippen molar-refractivity contribution >= 4 is 62.3 Å². The third kappa shape index (κ3) is 9.01. The van der Waals surface area contributed by atoms with Crippen molar-refractivity contribution in [3.05, 3.63) is 129 Å². The number of aryl methyl sites for hydroxylation is 1. The van der Waals surface area contributed by atoms with Gasteiger partial charge in [-0.25, -0.2) is 8.42 Å². The highest BCUT2D eigenvalue weighted by Gasteiger charge is 2.35. The quantitative estimate of drug-likeness (QED) is 0.160. The number of anilines is 1. The first kappa shape index (κ1) is 34.3. The summed E-state index contributed by atoms with van der Waals surface area (Å²) in [6.45, 7) is 3.58. The zero-order valence-corrected chi connectivity index (χ0v) is 28.0. The van der Waals surface area contributed by atoms with Crippen LogP contribution >= 0.6 is 34.8 Å². The molecule has 0 heterocycles. The van der Waals surface area contributed by atoms with Gasteiger partial charge in [-0.2, -0.15) is 0 Å². The number of amides is 2. The summed E-state index contributed by atoms with van der Waals surface area (Å²) in [5.41, 5.74) is 2.46. The Morgan fingerprint density at radius 2 is 1.47 bits per heavy atom. The lowest BCUT2D eigenvalue weighted by Crippen LogP contribution is -2.53. The largest absolute Gasteiger partial charge is 0.354 e. The summed E-state index contributed by atoms with van der Waals surface area (Å²) in [7, 11) is -4.31. The lowest BCUT2D eigenvalue weighted by Gasteiger charge is -2.34. The second-order valence-electron chi connectivity index (χ2n) is 10.6. The fourth-order valence-corrected chi connectivity index (χ4v) is 6.72. The Hall–Kier alpha value is -3.56. The van der Waals surface area contributed by atoms with E-state index in [4.69, 9.17) is 34.8 Å². The minimum Gasteiger partial charge on any atom is -0.354 e. The van der Waals surface area contributed by atoms with Crippen molar-refractivity contribution in [3.63, 3.8) is 0 Å². The smallest absolute Gasteiger partial charge is 0.264 e. The molecule has 7 nitrogen and oxygen atoms in total. The van der Waals surface area contributed by atoms with Crippen molar-refractivity contribution in [3.8, 4) is 0 Å². The van der Waals surface area contributed by atoms with Crippen LogP contribution in [0.3, 0.4) is 0 Å². The zero-order valence-electron chi connectivity index (χ0n) is 24.9. The van der Waals surface area contributed by atoms with Crippen LogP contribution in [0.5, 0.6) is 0 Å². The van der Waals surface area contributed by atoms with E-state index in [1.54, 1.807) is 36.4 Å². The average molecular weight is 687 g/mol. The fourth-order valence-electron chi connectivity index (χ4n) is 4.73. The van der Waals surface area contributed by atoms with E-state index in [-0.39, 0.29) is 39.5 Å². The number of sulfonamides is 1. The van der Waals surface area contributed by atoms with E-state index in [0.29, 0.717) is 23.6 Å². The van der Waals surface area contributed by atoms with Crippen molar-refractivity contribution in [1.82, 2.24) is 10.2 Å². The Bertz CT molecular complexity index is 1720. The van der Waals surface area contributed by atoms with E-state index in [9.17, 15) is 18.0 Å². The standard InChI is InChI=1S/C34H34Cl3N3O4S/c1-3-19-38-34(42)32(20-25-7-5-4-6-8-25)39(22-26-11-13-27(35)14-12-26)33(41)23-40(31-21-28(36)15-18-30(31)37)45(43,44)29-16-9-24(2)10-17-29/h4-18,21,32H,3,19-20,22-23H2,1-2H3,(H,38,42)/t32-/m1/s1. The van der Waals surface area contributed by atoms with Gasteiger partial charge in [0.15, 0.2) is 0 Å². The maximum absolute atomic E-state index is 14.5. The average Bonchev–Trinajstić information content (AvgIpc) is 3.03. The molecule has 236 valence electrons. The summed E-state index contributed by atoms with van der Waals surface area (Å²) in [6.07, 6.45) is 0.906. The molecule has 1 N–H and O–H groups in total. The highest BCUT2D eigenvalue weighted by molar-refractivity contribution is 7.92. The topological polar surface area (TPSA) is 86.8 Å². The second-order valence-corrected chi connectivity index (χ2v) is 13.7. The number of hydrogen-bond donors (Lipinski definition) is 1. The highest BCUT2D eigenvalue weighted by atomic mass is 35.5. The number of rotatable bonds is 13. The highest BCUT2D eigenvalue weighted by Crippen LogP contribution is 2.33. The molecule has 0 radical (unpaired) electrons. The van der Waals surface area contributed by atoms with Gasteiger partial charge in [-0.1, -0.05) is 102 Å². The Morgan fingerprint density at radius 1 is 0.822 bits per heavy atom. The van der Waals surface area contributed by atoms with Gasteiger partial charge in [0.25, 0.3) is 10.0 Å². The summed E-state index contributed by atoms with van der Waals surface area (Å²) in [5.74, 6) is -0.957. The normalized spacial score (nSPS) is 11.9. The molecular formula is C34H34Cl3N3O4S. The monoisotopic (exact) mass is 685 g/mol. The number of nitrogens with zero attached hydrogens (tertiary/aromatic N) is 2. The molecule has 4 aromatic carbocycles. The molecule has 2 amide bonds. The number of benzene rings is 4. The molecule has 1 atom stereocenters. The van der Waals surface area contributed by atoms with Crippen LogP contribution in [-0.2, 0) is 32.6 Å². The lowest BCUT2D eigenvalue weighted by molar-refractivity contribution is -0.140. The van der Waals surface area contributed by atoms with E-state index in [2.05, 4.69) is 5.32 Å². The molecule has 0 aromatic heterocycles. The van der Waals surface area contributed by atoms with E-state index >= 15 is 0 Å². The Morgan fingerprint density at radius 3 is 2.11 bits per heavy atom. The molecule has 0 fully saturated rings. The third-order valence-electron chi connectivity index (χ3n) is 7.15. The molecular weight excluding hydrogens is 653 g/mol. The predicted octanol–water partition coefficient (Wildman–Crippen LogP) is 7.32. The van der Waals surface area contributed by atoms with Crippen LogP contribution in [0.2, 0.25) is 15.1 Å². The second kappa shape index (κ2) is 15.6. The lowest BCUT2D eigenvalue weighted by atomic mass is 10.0. The van der Waals surface area contributed by atoms with Crippen molar-refractivity contribution in [1.29, 1.82) is 0 Å². The maximum atomic E-state index is 14.5. The summed E-state index contributed by atoms with van der Waals surface area (Å²) in [6, 6.07) is 26.0. The predicted molar refractivity (Wildman–Crippen MR) is 181 cm³/mol. The van der Waals surface area contributed by atoms with Gasteiger partial charge in [0.05, 0.1) is 15.6 Å². The van der Waals surface area contributed by atoms with Crippen molar-refractivity contribution in [2.24, 2.45) is 0 Å². The number of carbonyl (C=O) groups is 2. The minimum absolute atomic E-state index is 0.0226. The Kier molecular flexibility index (Phi) is 11.9. The van der Waals surface area contributed by atoms with E-state index in [0.717, 1.165) is 15.4 Å². The summed E-state index contributed by atoms with van der Waals surface area (Å²) >= 11 is 18.9. The molecule has 45 heavy (non-hydrogen) atoms. The SMILES string of the molecule is CCCNC(=O)[C@@H](Cc1ccccc1)N(Cc1ccc(Cl)cc1)C(=O)CN(c1cc(Cl)ccc1Cl)S(=O)(=O)c1ccc(C)cc1. The van der Waals surface area contributed by atoms with Gasteiger partial charge in [0.2, 0.25) is 11.8 Å². The van der Waals surface area contributed by atoms with Gasteiger partial charge < -0.3 is 10.2 Å². The summed E-state index contributed by atoms with van der Waals surface area (Å²) in [4.78, 5) is 29.6. The molecule has 0 aliphatic carbocycles. The molecule has 11 heteroatoms. The van der Waals surface area contributed by atoms with Gasteiger partial charge in [-0.15, -0.1) is 0 Å². The number of nitrogens with one attached hydrogen (secondary N) is 1. The van der Waals surface area contributed by atoms with Crippen LogP contribution in [0.1, 0.15) is 30.0 Å². The van der Waals surface area contributed by atoms with Crippen LogP contribution in [0.4, 0.5) is 5.69 Å². The Balaban J connectivity index is 1.82. The number of hydrogen-bond acceptors (Lipinski definition) is 4. The van der Waals surface area contributed by atoms with E-state index in [1.165, 1.54) is 35.2 Å². The van der Waals surface area contributed by atoms with Crippen LogP contribution in [0.15, 0.2) is 102 Å². The third-order valence-corrected chi connectivity index (χ3v) is 9.73.